The smallest absolute Gasteiger partial charge is 0.249 e. The Labute approximate surface area is 330 Å². The quantitative estimate of drug-likeness (QED) is 0.0370. The first-order valence-corrected chi connectivity index (χ1v) is 23.3. The highest BCUT2D eigenvalue weighted by molar-refractivity contribution is 5.80. The first kappa shape index (κ1) is 51.6. The predicted octanol–water partition coefficient (Wildman–Crippen LogP) is 13.5. The molecule has 0 aliphatic heterocycles. The Bertz CT molecular complexity index is 824. The van der Waals surface area contributed by atoms with E-state index in [4.69, 9.17) is 0 Å². The third-order valence-electron chi connectivity index (χ3n) is 10.7. The summed E-state index contributed by atoms with van der Waals surface area (Å²) in [5.74, 6) is -0.505. The van der Waals surface area contributed by atoms with Gasteiger partial charge in [0, 0.05) is 0 Å². The number of amides is 1. The van der Waals surface area contributed by atoms with Crippen LogP contribution < -0.4 is 5.32 Å². The van der Waals surface area contributed by atoms with Crippen LogP contribution in [0.2, 0.25) is 0 Å². The van der Waals surface area contributed by atoms with Crippen molar-refractivity contribution in [3.8, 4) is 0 Å². The van der Waals surface area contributed by atoms with Crippen molar-refractivity contribution in [3.63, 3.8) is 0 Å². The van der Waals surface area contributed by atoms with Gasteiger partial charge in [-0.15, -0.1) is 0 Å². The number of aliphatic hydroxyl groups is 3. The summed E-state index contributed by atoms with van der Waals surface area (Å²) in [5, 5.41) is 33.1. The van der Waals surface area contributed by atoms with Gasteiger partial charge >= 0.3 is 0 Å². The summed E-state index contributed by atoms with van der Waals surface area (Å²) >= 11 is 0. The van der Waals surface area contributed by atoms with Crippen molar-refractivity contribution in [1.82, 2.24) is 5.32 Å². The average Bonchev–Trinajstić information content (AvgIpc) is 3.16. The summed E-state index contributed by atoms with van der Waals surface area (Å²) in [6, 6.07) is -0.796. The van der Waals surface area contributed by atoms with Crippen LogP contribution >= 0.6 is 0 Å². The van der Waals surface area contributed by atoms with Gasteiger partial charge in [-0.1, -0.05) is 224 Å². The van der Waals surface area contributed by atoms with Crippen LogP contribution in [0, 0.1) is 0 Å². The highest BCUT2D eigenvalue weighted by atomic mass is 16.3. The minimum Gasteiger partial charge on any atom is -0.394 e. The van der Waals surface area contributed by atoms with Crippen molar-refractivity contribution in [1.29, 1.82) is 0 Å². The van der Waals surface area contributed by atoms with Crippen LogP contribution in [-0.2, 0) is 4.79 Å². The molecule has 5 heteroatoms. The van der Waals surface area contributed by atoms with Crippen LogP contribution in [0.25, 0.3) is 0 Å². The molecule has 0 aliphatic rings. The molecule has 312 valence electrons. The molecule has 0 aromatic heterocycles. The van der Waals surface area contributed by atoms with Crippen molar-refractivity contribution in [2.75, 3.05) is 6.61 Å². The molecule has 3 unspecified atom stereocenters. The lowest BCUT2D eigenvalue weighted by Gasteiger charge is -2.21. The summed E-state index contributed by atoms with van der Waals surface area (Å²) < 4.78 is 0. The largest absolute Gasteiger partial charge is 0.394 e. The number of aliphatic hydroxyl groups excluding tert-OH is 3. The average molecular weight is 746 g/mol. The second-order valence-corrected chi connectivity index (χ2v) is 16.0. The molecule has 0 heterocycles. The van der Waals surface area contributed by atoms with E-state index >= 15 is 0 Å². The first-order valence-electron chi connectivity index (χ1n) is 23.3. The Morgan fingerprint density at radius 1 is 0.472 bits per heavy atom. The van der Waals surface area contributed by atoms with Crippen LogP contribution in [0.5, 0.6) is 0 Å². The van der Waals surface area contributed by atoms with Gasteiger partial charge in [0.2, 0.25) is 5.91 Å². The second kappa shape index (κ2) is 43.3. The topological polar surface area (TPSA) is 89.8 Å². The van der Waals surface area contributed by atoms with E-state index in [9.17, 15) is 20.1 Å². The van der Waals surface area contributed by atoms with E-state index in [2.05, 4.69) is 43.5 Å². The molecule has 5 nitrogen and oxygen atoms in total. The minimum absolute atomic E-state index is 0.364. The minimum atomic E-state index is -1.10. The van der Waals surface area contributed by atoms with Crippen LogP contribution in [0.15, 0.2) is 36.5 Å². The van der Waals surface area contributed by atoms with E-state index < -0.39 is 24.2 Å². The summed E-state index contributed by atoms with van der Waals surface area (Å²) in [6.07, 6.45) is 54.8. The lowest BCUT2D eigenvalue weighted by molar-refractivity contribution is -0.131. The van der Waals surface area contributed by atoms with Gasteiger partial charge in [0.25, 0.3) is 0 Å². The first-order chi connectivity index (χ1) is 26.1. The van der Waals surface area contributed by atoms with Gasteiger partial charge < -0.3 is 20.6 Å². The Kier molecular flexibility index (Phi) is 42.1. The van der Waals surface area contributed by atoms with Gasteiger partial charge in [0.15, 0.2) is 0 Å². The summed E-state index contributed by atoms with van der Waals surface area (Å²) in [5.41, 5.74) is 0. The predicted molar refractivity (Wildman–Crippen MR) is 231 cm³/mol. The fraction of sp³-hybridized carbons (Fsp3) is 0.854. The van der Waals surface area contributed by atoms with Gasteiger partial charge in [0.05, 0.1) is 18.8 Å². The number of hydrogen-bond donors (Lipinski definition) is 4. The van der Waals surface area contributed by atoms with E-state index in [-0.39, 0.29) is 6.61 Å². The van der Waals surface area contributed by atoms with Crippen molar-refractivity contribution >= 4 is 5.91 Å². The van der Waals surface area contributed by atoms with Gasteiger partial charge in [-0.3, -0.25) is 4.79 Å². The number of rotatable bonds is 42. The normalized spacial score (nSPS) is 13.8. The lowest BCUT2D eigenvalue weighted by Crippen LogP contribution is -2.48. The molecule has 53 heavy (non-hydrogen) atoms. The molecule has 4 N–H and O–H groups in total. The van der Waals surface area contributed by atoms with Crippen LogP contribution in [0.1, 0.15) is 239 Å². The summed E-state index contributed by atoms with van der Waals surface area (Å²) in [7, 11) is 0. The third kappa shape index (κ3) is 38.6. The zero-order valence-electron chi connectivity index (χ0n) is 35.4. The van der Waals surface area contributed by atoms with Crippen molar-refractivity contribution in [3.05, 3.63) is 36.5 Å². The second-order valence-electron chi connectivity index (χ2n) is 16.0. The molecule has 0 aromatic carbocycles. The van der Waals surface area contributed by atoms with Gasteiger partial charge in [-0.25, -0.2) is 0 Å². The molecule has 0 aromatic rings. The Balaban J connectivity index is 3.58. The van der Waals surface area contributed by atoms with Crippen molar-refractivity contribution < 1.29 is 20.1 Å². The Morgan fingerprint density at radius 2 is 0.811 bits per heavy atom. The van der Waals surface area contributed by atoms with Crippen LogP contribution in [-0.4, -0.2) is 46.1 Å². The fourth-order valence-corrected chi connectivity index (χ4v) is 7.04. The molecule has 0 bridgehead atoms. The molecule has 1 amide bonds. The number of allylic oxidation sites excluding steroid dienone is 5. The third-order valence-corrected chi connectivity index (χ3v) is 10.7. The highest BCUT2D eigenvalue weighted by Gasteiger charge is 2.22. The molecule has 0 rings (SSSR count). The zero-order chi connectivity index (χ0) is 38.7. The summed E-state index contributed by atoms with van der Waals surface area (Å²) in [6.45, 7) is 4.17. The van der Waals surface area contributed by atoms with E-state index in [1.54, 1.807) is 6.08 Å². The van der Waals surface area contributed by atoms with Crippen molar-refractivity contribution in [2.45, 2.75) is 257 Å². The molecular formula is C48H91NO4. The van der Waals surface area contributed by atoms with E-state index in [1.807, 2.05) is 6.08 Å². The number of carbonyl (C=O) groups excluding carboxylic acids is 1. The number of nitrogens with one attached hydrogen (secondary N) is 1. The lowest BCUT2D eigenvalue weighted by atomic mass is 10.0. The molecular weight excluding hydrogens is 655 g/mol. The Hall–Kier alpha value is -1.43. The number of carbonyl (C=O) groups is 1. The zero-order valence-corrected chi connectivity index (χ0v) is 35.4. The van der Waals surface area contributed by atoms with Crippen LogP contribution in [0.4, 0.5) is 0 Å². The van der Waals surface area contributed by atoms with Gasteiger partial charge in [-0.05, 0) is 51.4 Å². The SMILES string of the molecule is CCCCCCCCCCC/C=C\C/C=C\CCCCCCCCCCCCCCC(O)C(=O)NC(CO)C(O)/C=C/CCCCCCCCCCC. The maximum Gasteiger partial charge on any atom is 0.249 e. The molecule has 0 radical (unpaired) electrons. The molecule has 0 aliphatic carbocycles. The molecule has 0 saturated carbocycles. The van der Waals surface area contributed by atoms with Crippen molar-refractivity contribution in [2.24, 2.45) is 0 Å². The van der Waals surface area contributed by atoms with E-state index in [0.717, 1.165) is 38.5 Å². The molecule has 0 saturated heterocycles. The monoisotopic (exact) mass is 746 g/mol. The van der Waals surface area contributed by atoms with E-state index in [0.29, 0.717) is 6.42 Å². The maximum atomic E-state index is 12.4. The standard InChI is InChI=1S/C48H91NO4/c1-3-5-7-9-11-13-15-16-17-18-19-20-21-22-23-24-25-26-27-28-29-30-31-33-35-37-39-41-43-47(52)48(53)49-45(44-50)46(51)42-40-38-36-34-32-14-12-10-8-6-4-2/h19-20,22-23,40,42,45-47,50-52H,3-18,21,24-39,41,43-44H2,1-2H3,(H,49,53)/b20-19-,23-22-,42-40+. The van der Waals surface area contributed by atoms with Gasteiger partial charge in [-0.2, -0.15) is 0 Å². The maximum absolute atomic E-state index is 12.4. The molecule has 0 fully saturated rings. The van der Waals surface area contributed by atoms with Gasteiger partial charge in [0.1, 0.15) is 6.10 Å². The molecule has 0 spiro atoms. The molecule has 3 atom stereocenters. The number of hydrogen-bond acceptors (Lipinski definition) is 4. The highest BCUT2D eigenvalue weighted by Crippen LogP contribution is 2.15. The fourth-order valence-electron chi connectivity index (χ4n) is 7.04. The Morgan fingerprint density at radius 3 is 1.19 bits per heavy atom. The van der Waals surface area contributed by atoms with E-state index in [1.165, 1.54) is 180 Å². The number of unbranched alkanes of at least 4 members (excludes halogenated alkanes) is 30. The summed E-state index contributed by atoms with van der Waals surface area (Å²) in [4.78, 5) is 12.4. The van der Waals surface area contributed by atoms with Crippen LogP contribution in [0.3, 0.4) is 0 Å².